The van der Waals surface area contributed by atoms with Gasteiger partial charge in [0, 0.05) is 5.69 Å². The summed E-state index contributed by atoms with van der Waals surface area (Å²) in [6.45, 7) is 3.44. The Kier molecular flexibility index (Phi) is 4.43. The maximum atomic E-state index is 12.4. The van der Waals surface area contributed by atoms with Crippen molar-refractivity contribution in [2.24, 2.45) is 0 Å². The van der Waals surface area contributed by atoms with E-state index in [9.17, 15) is 13.2 Å². The van der Waals surface area contributed by atoms with Gasteiger partial charge < -0.3 is 5.32 Å². The summed E-state index contributed by atoms with van der Waals surface area (Å²) in [5.74, 6) is -0.460. The lowest BCUT2D eigenvalue weighted by molar-refractivity contribution is 0.102. The van der Waals surface area contributed by atoms with Crippen LogP contribution in [-0.4, -0.2) is 20.1 Å². The summed E-state index contributed by atoms with van der Waals surface area (Å²) < 4.78 is 24.1. The molecule has 0 radical (unpaired) electrons. The molecule has 0 aliphatic heterocycles. The highest BCUT2D eigenvalue weighted by molar-refractivity contribution is 7.91. The molecule has 1 N–H and O–H groups in total. The molecule has 1 amide bonds. The van der Waals surface area contributed by atoms with E-state index in [1.165, 1.54) is 12.1 Å². The number of carbonyl (C=O) groups excluding carboxylic acids is 1. The molecule has 21 heavy (non-hydrogen) atoms. The van der Waals surface area contributed by atoms with Gasteiger partial charge in [-0.2, -0.15) is 0 Å². The van der Waals surface area contributed by atoms with Crippen molar-refractivity contribution in [1.29, 1.82) is 0 Å². The Labute approximate surface area is 124 Å². The molecule has 0 bridgehead atoms. The Hall–Kier alpha value is -2.14. The Balaban J connectivity index is 2.39. The molecule has 2 aromatic rings. The van der Waals surface area contributed by atoms with E-state index in [2.05, 4.69) is 5.32 Å². The van der Waals surface area contributed by atoms with Crippen LogP contribution >= 0.6 is 0 Å². The number of rotatable bonds is 4. The number of anilines is 1. The number of nitrogens with one attached hydrogen (secondary N) is 1. The molecule has 2 aromatic carbocycles. The fourth-order valence-electron chi connectivity index (χ4n) is 1.98. The summed E-state index contributed by atoms with van der Waals surface area (Å²) in [6.07, 6.45) is 0. The van der Waals surface area contributed by atoms with Crippen LogP contribution in [0.15, 0.2) is 53.4 Å². The van der Waals surface area contributed by atoms with E-state index >= 15 is 0 Å². The Morgan fingerprint density at radius 1 is 1.05 bits per heavy atom. The third kappa shape index (κ3) is 3.31. The predicted octanol–water partition coefficient (Wildman–Crippen LogP) is 3.04. The van der Waals surface area contributed by atoms with Gasteiger partial charge in [0.05, 0.1) is 16.2 Å². The number of amides is 1. The first-order valence-electron chi connectivity index (χ1n) is 6.64. The van der Waals surface area contributed by atoms with Crippen LogP contribution < -0.4 is 5.32 Å². The number of benzene rings is 2. The molecule has 0 saturated carbocycles. The van der Waals surface area contributed by atoms with Crippen molar-refractivity contribution in [3.8, 4) is 0 Å². The lowest BCUT2D eigenvalue weighted by Crippen LogP contribution is -2.17. The minimum Gasteiger partial charge on any atom is -0.322 e. The van der Waals surface area contributed by atoms with E-state index in [4.69, 9.17) is 0 Å². The summed E-state index contributed by atoms with van der Waals surface area (Å²) in [5.41, 5.74) is 1.76. The molecular weight excluding hydrogens is 286 g/mol. The topological polar surface area (TPSA) is 63.2 Å². The first-order chi connectivity index (χ1) is 9.95. The summed E-state index contributed by atoms with van der Waals surface area (Å²) in [4.78, 5) is 12.4. The van der Waals surface area contributed by atoms with Crippen molar-refractivity contribution in [1.82, 2.24) is 0 Å². The van der Waals surface area contributed by atoms with Crippen LogP contribution in [0.1, 0.15) is 22.8 Å². The normalized spacial score (nSPS) is 11.1. The quantitative estimate of drug-likeness (QED) is 0.944. The van der Waals surface area contributed by atoms with Crippen LogP contribution in [0.2, 0.25) is 0 Å². The van der Waals surface area contributed by atoms with E-state index < -0.39 is 15.7 Å². The molecule has 5 heteroatoms. The van der Waals surface area contributed by atoms with E-state index in [0.717, 1.165) is 5.56 Å². The highest BCUT2D eigenvalue weighted by Gasteiger charge is 2.20. The van der Waals surface area contributed by atoms with Crippen LogP contribution in [-0.2, 0) is 9.84 Å². The Morgan fingerprint density at radius 3 is 2.33 bits per heavy atom. The first-order valence-corrected chi connectivity index (χ1v) is 8.29. The molecule has 0 aromatic heterocycles. The third-order valence-electron chi connectivity index (χ3n) is 3.24. The number of sulfone groups is 1. The van der Waals surface area contributed by atoms with E-state index in [0.29, 0.717) is 5.69 Å². The average molecular weight is 303 g/mol. The van der Waals surface area contributed by atoms with Crippen LogP contribution in [0.4, 0.5) is 5.69 Å². The summed E-state index contributed by atoms with van der Waals surface area (Å²) in [7, 11) is -3.44. The van der Waals surface area contributed by atoms with Crippen LogP contribution in [0.3, 0.4) is 0 Å². The number of hydrogen-bond acceptors (Lipinski definition) is 3. The second-order valence-electron chi connectivity index (χ2n) is 4.67. The predicted molar refractivity (Wildman–Crippen MR) is 83.3 cm³/mol. The van der Waals surface area contributed by atoms with Crippen molar-refractivity contribution >= 4 is 21.4 Å². The molecule has 0 aliphatic rings. The molecule has 110 valence electrons. The lowest BCUT2D eigenvalue weighted by Gasteiger charge is -2.11. The number of para-hydroxylation sites is 1. The van der Waals surface area contributed by atoms with Crippen molar-refractivity contribution in [2.45, 2.75) is 18.7 Å². The second-order valence-corrected chi connectivity index (χ2v) is 6.92. The summed E-state index contributed by atoms with van der Waals surface area (Å²) in [5, 5.41) is 2.76. The number of hydrogen-bond donors (Lipinski definition) is 1. The smallest absolute Gasteiger partial charge is 0.256 e. The van der Waals surface area contributed by atoms with E-state index in [-0.39, 0.29) is 16.2 Å². The maximum Gasteiger partial charge on any atom is 0.256 e. The summed E-state index contributed by atoms with van der Waals surface area (Å²) in [6, 6.07) is 13.6. The fraction of sp³-hybridized carbons (Fsp3) is 0.188. The van der Waals surface area contributed by atoms with Crippen LogP contribution in [0.5, 0.6) is 0 Å². The largest absolute Gasteiger partial charge is 0.322 e. The minimum absolute atomic E-state index is 0.0400. The molecule has 0 atom stereocenters. The van der Waals surface area contributed by atoms with Gasteiger partial charge in [-0.05, 0) is 30.7 Å². The van der Waals surface area contributed by atoms with Gasteiger partial charge in [0.2, 0.25) is 0 Å². The van der Waals surface area contributed by atoms with E-state index in [1.54, 1.807) is 25.1 Å². The van der Waals surface area contributed by atoms with Gasteiger partial charge in [-0.25, -0.2) is 8.42 Å². The van der Waals surface area contributed by atoms with Gasteiger partial charge in [0.25, 0.3) is 5.91 Å². The zero-order chi connectivity index (χ0) is 15.5. The zero-order valence-corrected chi connectivity index (χ0v) is 12.8. The van der Waals surface area contributed by atoms with Crippen molar-refractivity contribution in [3.05, 3.63) is 59.7 Å². The molecule has 0 unspecified atom stereocenters. The molecule has 0 saturated heterocycles. The van der Waals surface area contributed by atoms with Gasteiger partial charge in [-0.15, -0.1) is 0 Å². The van der Waals surface area contributed by atoms with Gasteiger partial charge in [0.15, 0.2) is 9.84 Å². The lowest BCUT2D eigenvalue weighted by atomic mass is 10.1. The molecule has 0 aliphatic carbocycles. The van der Waals surface area contributed by atoms with Crippen molar-refractivity contribution in [2.75, 3.05) is 11.1 Å². The van der Waals surface area contributed by atoms with Crippen molar-refractivity contribution in [3.63, 3.8) is 0 Å². The number of aryl methyl sites for hydroxylation is 1. The SMILES string of the molecule is CCS(=O)(=O)c1ccccc1C(=O)Nc1ccccc1C. The maximum absolute atomic E-state index is 12.4. The van der Waals surface area contributed by atoms with Crippen LogP contribution in [0.25, 0.3) is 0 Å². The fourth-order valence-corrected chi connectivity index (χ4v) is 3.08. The van der Waals surface area contributed by atoms with Crippen molar-refractivity contribution < 1.29 is 13.2 Å². The molecule has 2 rings (SSSR count). The highest BCUT2D eigenvalue weighted by Crippen LogP contribution is 2.20. The average Bonchev–Trinajstić information content (AvgIpc) is 2.49. The standard InChI is InChI=1S/C16H17NO3S/c1-3-21(19,20)15-11-7-5-9-13(15)16(18)17-14-10-6-4-8-12(14)2/h4-11H,3H2,1-2H3,(H,17,18). The molecule has 0 spiro atoms. The molecule has 0 heterocycles. The van der Waals surface area contributed by atoms with Gasteiger partial charge >= 0.3 is 0 Å². The summed E-state index contributed by atoms with van der Waals surface area (Å²) >= 11 is 0. The molecular formula is C16H17NO3S. The first kappa shape index (κ1) is 15.3. The van der Waals surface area contributed by atoms with Gasteiger partial charge in [0.1, 0.15) is 0 Å². The molecule has 4 nitrogen and oxygen atoms in total. The highest BCUT2D eigenvalue weighted by atomic mass is 32.2. The Bertz CT molecular complexity index is 767. The van der Waals surface area contributed by atoms with Gasteiger partial charge in [-0.1, -0.05) is 37.3 Å². The molecule has 0 fully saturated rings. The van der Waals surface area contributed by atoms with Gasteiger partial charge in [-0.3, -0.25) is 4.79 Å². The third-order valence-corrected chi connectivity index (χ3v) is 5.03. The van der Waals surface area contributed by atoms with E-state index in [1.807, 2.05) is 25.1 Å². The second kappa shape index (κ2) is 6.10. The number of carbonyl (C=O) groups is 1. The monoisotopic (exact) mass is 303 g/mol. The van der Waals surface area contributed by atoms with Crippen LogP contribution in [0, 0.1) is 6.92 Å². The Morgan fingerprint density at radius 2 is 1.67 bits per heavy atom. The zero-order valence-electron chi connectivity index (χ0n) is 12.0. The minimum atomic E-state index is -3.44.